The van der Waals surface area contributed by atoms with E-state index in [2.05, 4.69) is 40.9 Å². The van der Waals surface area contributed by atoms with Crippen molar-refractivity contribution in [3.8, 4) is 18.4 Å². The summed E-state index contributed by atoms with van der Waals surface area (Å²) in [4.78, 5) is 37.6. The van der Waals surface area contributed by atoms with E-state index in [1.54, 1.807) is 18.0 Å². The van der Waals surface area contributed by atoms with Gasteiger partial charge in [0.1, 0.15) is 11.7 Å². The Kier molecular flexibility index (Phi) is 13.6. The lowest BCUT2D eigenvalue weighted by molar-refractivity contribution is -0.169. The maximum atomic E-state index is 11.8. The van der Waals surface area contributed by atoms with Crippen molar-refractivity contribution in [1.82, 2.24) is 25.0 Å². The summed E-state index contributed by atoms with van der Waals surface area (Å²) >= 11 is 0. The number of ether oxygens (including phenoxy) is 1. The highest BCUT2D eigenvalue weighted by molar-refractivity contribution is 5.88. The number of likely N-dealkylation sites (tertiary alicyclic amines) is 1. The number of nitrogens with zero attached hydrogens (tertiary/aromatic N) is 5. The van der Waals surface area contributed by atoms with Gasteiger partial charge in [-0.3, -0.25) is 24.0 Å². The number of fused-ring (bicyclic) bond motifs is 2. The number of terminal acetylenes is 1. The lowest BCUT2D eigenvalue weighted by Crippen LogP contribution is -2.34. The number of alkyl halides is 3. The standard InChI is InChI=1S/C13H11N5O.C12H21NO2.C2H2F3NO.C2H6/c1-3-10-13-9(11(5-14)16-8-19)6-15-7-12(13)18(4-2)17-10;1-8(15-4)5-11(14)13-6-9-10(7-13)12(9,2)3;3-2(4,5)1(6)7;1-2/h1,6-8,11H,4H2,2H3,(H,16,19);8-10H,5-7H2,1-4H3;(H2,6,7);1-2H3/t;8-,9?,10?;;/m.1../s1. The summed E-state index contributed by atoms with van der Waals surface area (Å²) < 4.78 is 38.9. The zero-order valence-electron chi connectivity index (χ0n) is 25.5. The normalized spacial score (nSPS) is 18.8. The molecule has 4 rings (SSSR count). The van der Waals surface area contributed by atoms with E-state index in [0.29, 0.717) is 41.4 Å². The molecule has 0 radical (unpaired) electrons. The lowest BCUT2D eigenvalue weighted by Gasteiger charge is -2.23. The third-order valence-corrected chi connectivity index (χ3v) is 7.42. The topological polar surface area (TPSA) is 156 Å². The number of nitrogens with two attached hydrogens (primary N) is 1. The monoisotopic (exact) mass is 607 g/mol. The highest BCUT2D eigenvalue weighted by Crippen LogP contribution is 2.61. The molecule has 3 unspecified atom stereocenters. The molecular weight excluding hydrogens is 567 g/mol. The molecule has 3 N–H and O–H groups in total. The highest BCUT2D eigenvalue weighted by Gasteiger charge is 2.62. The average molecular weight is 608 g/mol. The molecule has 2 aliphatic rings. The molecule has 0 bridgehead atoms. The second kappa shape index (κ2) is 15.9. The maximum Gasteiger partial charge on any atom is 0.470 e. The van der Waals surface area contributed by atoms with Crippen LogP contribution in [0.4, 0.5) is 13.2 Å². The van der Waals surface area contributed by atoms with Crippen LogP contribution < -0.4 is 11.1 Å². The number of pyridine rings is 1. The minimum Gasteiger partial charge on any atom is -0.381 e. The van der Waals surface area contributed by atoms with Gasteiger partial charge in [0.2, 0.25) is 12.3 Å². The van der Waals surface area contributed by atoms with Gasteiger partial charge in [0.25, 0.3) is 0 Å². The Morgan fingerprint density at radius 1 is 1.30 bits per heavy atom. The Labute approximate surface area is 249 Å². The van der Waals surface area contributed by atoms with Crippen molar-refractivity contribution < 1.29 is 32.3 Å². The van der Waals surface area contributed by atoms with E-state index in [-0.39, 0.29) is 12.0 Å². The quantitative estimate of drug-likeness (QED) is 0.361. The number of amides is 3. The predicted octanol–water partition coefficient (Wildman–Crippen LogP) is 3.33. The van der Waals surface area contributed by atoms with Gasteiger partial charge >= 0.3 is 12.1 Å². The van der Waals surface area contributed by atoms with Gasteiger partial charge in [0, 0.05) is 43.9 Å². The van der Waals surface area contributed by atoms with Crippen LogP contribution in [0.1, 0.15) is 65.3 Å². The number of hydrogen-bond acceptors (Lipinski definition) is 7. The first kappa shape index (κ1) is 36.9. The fourth-order valence-electron chi connectivity index (χ4n) is 4.76. The molecule has 1 aliphatic heterocycles. The van der Waals surface area contributed by atoms with Gasteiger partial charge in [0.15, 0.2) is 0 Å². The molecule has 2 fully saturated rings. The van der Waals surface area contributed by atoms with Gasteiger partial charge in [-0.05, 0) is 37.0 Å². The fourth-order valence-corrected chi connectivity index (χ4v) is 4.76. The molecule has 11 nitrogen and oxygen atoms in total. The summed E-state index contributed by atoms with van der Waals surface area (Å²) in [5.74, 6) is 2.00. The molecule has 4 atom stereocenters. The second-order valence-corrected chi connectivity index (χ2v) is 10.2. The number of carbonyl (C=O) groups is 3. The summed E-state index contributed by atoms with van der Waals surface area (Å²) in [6.07, 6.45) is 4.80. The number of primary amides is 1. The number of aromatic nitrogens is 3. The van der Waals surface area contributed by atoms with E-state index in [9.17, 15) is 22.8 Å². The van der Waals surface area contributed by atoms with E-state index in [1.807, 2.05) is 38.7 Å². The fraction of sp³-hybridized carbons (Fsp3) is 0.586. The molecule has 1 saturated heterocycles. The number of aryl methyl sites for hydroxylation is 1. The van der Waals surface area contributed by atoms with Gasteiger partial charge in [0.05, 0.1) is 30.3 Å². The molecule has 1 aliphatic carbocycles. The number of hydrogen-bond donors (Lipinski definition) is 2. The Balaban J connectivity index is 0.000000343. The van der Waals surface area contributed by atoms with Gasteiger partial charge < -0.3 is 20.7 Å². The maximum absolute atomic E-state index is 11.8. The minimum atomic E-state index is -4.86. The van der Waals surface area contributed by atoms with Crippen molar-refractivity contribution in [2.24, 2.45) is 23.0 Å². The van der Waals surface area contributed by atoms with E-state index >= 15 is 0 Å². The van der Waals surface area contributed by atoms with E-state index in [0.717, 1.165) is 30.4 Å². The summed E-state index contributed by atoms with van der Waals surface area (Å²) in [5, 5.41) is 16.5. The molecular formula is C29H40F3N7O4. The van der Waals surface area contributed by atoms with Crippen molar-refractivity contribution in [3.05, 3.63) is 23.7 Å². The lowest BCUT2D eigenvalue weighted by atomic mass is 10.0. The summed E-state index contributed by atoms with van der Waals surface area (Å²) in [6, 6.07) is 1.21. The summed E-state index contributed by atoms with van der Waals surface area (Å²) in [7, 11) is 1.66. The van der Waals surface area contributed by atoms with Crippen LogP contribution in [0.3, 0.4) is 0 Å². The molecule has 2 aromatic heterocycles. The van der Waals surface area contributed by atoms with Crippen LogP contribution >= 0.6 is 0 Å². The summed E-state index contributed by atoms with van der Waals surface area (Å²) in [5.41, 5.74) is 6.05. The van der Waals surface area contributed by atoms with Crippen LogP contribution in [0, 0.1) is 40.9 Å². The Morgan fingerprint density at radius 2 is 1.86 bits per heavy atom. The Morgan fingerprint density at radius 3 is 2.28 bits per heavy atom. The molecule has 0 aromatic carbocycles. The predicted molar refractivity (Wildman–Crippen MR) is 154 cm³/mol. The van der Waals surface area contributed by atoms with Crippen LogP contribution in [-0.4, -0.2) is 70.4 Å². The first-order valence-electron chi connectivity index (χ1n) is 13.7. The number of nitriles is 1. The molecule has 2 aromatic rings. The van der Waals surface area contributed by atoms with Crippen LogP contribution in [-0.2, 0) is 25.7 Å². The van der Waals surface area contributed by atoms with Crippen molar-refractivity contribution in [2.75, 3.05) is 20.2 Å². The molecule has 0 spiro atoms. The van der Waals surface area contributed by atoms with Gasteiger partial charge in [-0.25, -0.2) is 0 Å². The molecule has 236 valence electrons. The van der Waals surface area contributed by atoms with Gasteiger partial charge in [-0.2, -0.15) is 23.5 Å². The zero-order valence-corrected chi connectivity index (χ0v) is 25.5. The molecule has 1 saturated carbocycles. The third kappa shape index (κ3) is 9.16. The number of carbonyl (C=O) groups excluding carboxylic acids is 3. The van der Waals surface area contributed by atoms with Crippen LogP contribution in [0.15, 0.2) is 12.4 Å². The van der Waals surface area contributed by atoms with Crippen LogP contribution in [0.25, 0.3) is 10.9 Å². The molecule has 43 heavy (non-hydrogen) atoms. The van der Waals surface area contributed by atoms with Gasteiger partial charge in [-0.1, -0.05) is 27.7 Å². The first-order valence-corrected chi connectivity index (χ1v) is 13.7. The SMILES string of the molecule is C#Cc1nn(CC)c2cncc(C(C#N)NC=O)c12.CC.CO[C@H](C)CC(=O)N1CC2C(C1)C2(C)C.NC(=O)C(F)(F)F. The van der Waals surface area contributed by atoms with Crippen LogP contribution in [0.5, 0.6) is 0 Å². The van der Waals surface area contributed by atoms with Crippen molar-refractivity contribution in [2.45, 2.75) is 72.8 Å². The first-order chi connectivity index (χ1) is 20.2. The van der Waals surface area contributed by atoms with Crippen LogP contribution in [0.2, 0.25) is 0 Å². The molecule has 14 heteroatoms. The van der Waals surface area contributed by atoms with E-state index in [1.165, 1.54) is 6.20 Å². The van der Waals surface area contributed by atoms with E-state index in [4.69, 9.17) is 21.2 Å². The average Bonchev–Trinajstić information content (AvgIpc) is 3.36. The number of halogens is 3. The second-order valence-electron chi connectivity index (χ2n) is 10.2. The number of methoxy groups -OCH3 is 1. The number of rotatable bonds is 7. The minimum absolute atomic E-state index is 0.0439. The summed E-state index contributed by atoms with van der Waals surface area (Å²) in [6.45, 7) is 15.1. The Hall–Kier alpha value is -4.17. The third-order valence-electron chi connectivity index (χ3n) is 7.42. The largest absolute Gasteiger partial charge is 0.470 e. The van der Waals surface area contributed by atoms with Crippen molar-refractivity contribution in [1.29, 1.82) is 5.26 Å². The molecule has 3 heterocycles. The van der Waals surface area contributed by atoms with Crippen molar-refractivity contribution >= 4 is 29.1 Å². The number of piperidine rings is 1. The number of nitrogens with one attached hydrogen (secondary N) is 1. The van der Waals surface area contributed by atoms with E-state index < -0.39 is 18.1 Å². The molecule has 3 amide bonds. The van der Waals surface area contributed by atoms with Crippen molar-refractivity contribution in [3.63, 3.8) is 0 Å². The highest BCUT2D eigenvalue weighted by atomic mass is 19.4. The van der Waals surface area contributed by atoms with Gasteiger partial charge in [-0.15, -0.1) is 6.42 Å². The zero-order chi connectivity index (χ0) is 33.1. The Bertz CT molecular complexity index is 1330. The smallest absolute Gasteiger partial charge is 0.381 e.